The van der Waals surface area contributed by atoms with Crippen molar-refractivity contribution in [2.24, 2.45) is 5.73 Å². The van der Waals surface area contributed by atoms with Gasteiger partial charge in [-0.15, -0.1) is 0 Å². The van der Waals surface area contributed by atoms with E-state index in [2.05, 4.69) is 0 Å². The molecule has 6 heteroatoms. The lowest BCUT2D eigenvalue weighted by Crippen LogP contribution is -2.28. The van der Waals surface area contributed by atoms with Crippen molar-refractivity contribution in [3.8, 4) is 0 Å². The molecule has 0 aliphatic carbocycles. The van der Waals surface area contributed by atoms with Gasteiger partial charge in [0.05, 0.1) is 6.42 Å². The molecule has 0 aromatic heterocycles. The van der Waals surface area contributed by atoms with Gasteiger partial charge in [-0.1, -0.05) is 18.2 Å². The molecule has 0 fully saturated rings. The van der Waals surface area contributed by atoms with E-state index in [1.165, 1.54) is 18.2 Å². The van der Waals surface area contributed by atoms with E-state index in [0.29, 0.717) is 11.1 Å². The molecule has 0 saturated heterocycles. The van der Waals surface area contributed by atoms with E-state index in [1.807, 2.05) is 0 Å². The van der Waals surface area contributed by atoms with Crippen molar-refractivity contribution in [1.29, 1.82) is 0 Å². The van der Waals surface area contributed by atoms with E-state index in [4.69, 9.17) is 10.8 Å². The summed E-state index contributed by atoms with van der Waals surface area (Å²) in [6, 6.07) is 1.81. The highest BCUT2D eigenvalue weighted by Crippen LogP contribution is 2.31. The van der Waals surface area contributed by atoms with Crippen LogP contribution in [0.5, 0.6) is 0 Å². The quantitative estimate of drug-likeness (QED) is 0.860. The molecule has 1 rings (SSSR count). The lowest BCUT2D eigenvalue weighted by atomic mass is 9.99. The fourth-order valence-corrected chi connectivity index (χ4v) is 1.46. The average Bonchev–Trinajstić information content (AvgIpc) is 2.18. The minimum atomic E-state index is -4.50. The molecule has 0 bridgehead atoms. The Balaban J connectivity index is 3.00. The fraction of sp³-hybridized carbons (Fsp3) is 0.364. The number of rotatable bonds is 3. The van der Waals surface area contributed by atoms with Gasteiger partial charge in [0.25, 0.3) is 0 Å². The van der Waals surface area contributed by atoms with Gasteiger partial charge in [0.15, 0.2) is 0 Å². The van der Waals surface area contributed by atoms with Crippen LogP contribution in [0.1, 0.15) is 22.7 Å². The van der Waals surface area contributed by atoms with Crippen LogP contribution in [0.3, 0.4) is 0 Å². The molecule has 0 amide bonds. The van der Waals surface area contributed by atoms with Crippen LogP contribution in [0.2, 0.25) is 0 Å². The molecule has 17 heavy (non-hydrogen) atoms. The summed E-state index contributed by atoms with van der Waals surface area (Å²) in [7, 11) is 0. The van der Waals surface area contributed by atoms with Crippen molar-refractivity contribution < 1.29 is 23.1 Å². The number of alkyl halides is 3. The molecule has 1 unspecified atom stereocenters. The number of hydrogen-bond acceptors (Lipinski definition) is 2. The molecular formula is C11H12F3NO2. The second-order valence-electron chi connectivity index (χ2n) is 3.78. The Kier molecular flexibility index (Phi) is 3.77. The summed E-state index contributed by atoms with van der Waals surface area (Å²) in [6.07, 6.45) is -4.71. The normalized spacial score (nSPS) is 13.5. The van der Waals surface area contributed by atoms with Crippen LogP contribution in [0.4, 0.5) is 13.2 Å². The Morgan fingerprint density at radius 2 is 2.06 bits per heavy atom. The van der Waals surface area contributed by atoms with E-state index < -0.39 is 18.2 Å². The molecule has 3 nitrogen and oxygen atoms in total. The van der Waals surface area contributed by atoms with Crippen LogP contribution in [-0.2, 0) is 11.2 Å². The monoisotopic (exact) mass is 247 g/mol. The third kappa shape index (κ3) is 3.45. The maximum atomic E-state index is 12.4. The van der Waals surface area contributed by atoms with E-state index in [9.17, 15) is 18.0 Å². The second-order valence-corrected chi connectivity index (χ2v) is 3.78. The van der Waals surface area contributed by atoms with Gasteiger partial charge in [-0.2, -0.15) is 13.2 Å². The van der Waals surface area contributed by atoms with Gasteiger partial charge in [-0.25, -0.2) is 0 Å². The molecule has 3 N–H and O–H groups in total. The summed E-state index contributed by atoms with van der Waals surface area (Å²) < 4.78 is 37.1. The number of aryl methyl sites for hydroxylation is 1. The van der Waals surface area contributed by atoms with Gasteiger partial charge < -0.3 is 10.8 Å². The SMILES string of the molecule is Cc1cc(C(N)C(F)(F)F)ccc1CC(=O)O. The zero-order valence-corrected chi connectivity index (χ0v) is 9.08. The summed E-state index contributed by atoms with van der Waals surface area (Å²) in [6.45, 7) is 1.56. The van der Waals surface area contributed by atoms with Crippen molar-refractivity contribution in [3.05, 3.63) is 34.9 Å². The molecule has 0 aliphatic heterocycles. The number of halogens is 3. The van der Waals surface area contributed by atoms with Crippen LogP contribution >= 0.6 is 0 Å². The number of nitrogens with two attached hydrogens (primary N) is 1. The number of carboxylic acids is 1. The summed E-state index contributed by atoms with van der Waals surface area (Å²) in [5.41, 5.74) is 5.96. The van der Waals surface area contributed by atoms with Gasteiger partial charge >= 0.3 is 12.1 Å². The van der Waals surface area contributed by atoms with E-state index in [1.54, 1.807) is 6.92 Å². The number of benzene rings is 1. The maximum Gasteiger partial charge on any atom is 0.407 e. The van der Waals surface area contributed by atoms with Crippen LogP contribution in [0.25, 0.3) is 0 Å². The minimum absolute atomic E-state index is 0.0656. The van der Waals surface area contributed by atoms with Gasteiger partial charge in [-0.3, -0.25) is 4.79 Å². The van der Waals surface area contributed by atoms with Gasteiger partial charge in [-0.05, 0) is 23.6 Å². The number of carbonyl (C=O) groups is 1. The second kappa shape index (κ2) is 4.75. The molecule has 1 aromatic rings. The third-order valence-electron chi connectivity index (χ3n) is 2.42. The Morgan fingerprint density at radius 3 is 2.47 bits per heavy atom. The summed E-state index contributed by atoms with van der Waals surface area (Å²) in [4.78, 5) is 10.5. The first-order chi connectivity index (χ1) is 7.71. The predicted molar refractivity (Wildman–Crippen MR) is 55.5 cm³/mol. The first kappa shape index (κ1) is 13.5. The third-order valence-corrected chi connectivity index (χ3v) is 2.42. The maximum absolute atomic E-state index is 12.4. The Bertz CT molecular complexity index is 429. The van der Waals surface area contributed by atoms with Crippen molar-refractivity contribution in [1.82, 2.24) is 0 Å². The van der Waals surface area contributed by atoms with E-state index in [-0.39, 0.29) is 12.0 Å². The smallest absolute Gasteiger partial charge is 0.407 e. The van der Waals surface area contributed by atoms with Crippen LogP contribution < -0.4 is 5.73 Å². The molecule has 0 saturated carbocycles. The molecule has 0 aliphatic rings. The average molecular weight is 247 g/mol. The fourth-order valence-electron chi connectivity index (χ4n) is 1.46. The zero-order valence-electron chi connectivity index (χ0n) is 9.08. The van der Waals surface area contributed by atoms with Gasteiger partial charge in [0, 0.05) is 0 Å². The molecule has 94 valence electrons. The standard InChI is InChI=1S/C11H12F3NO2/c1-6-4-8(10(15)11(12,13)14)3-2-7(6)5-9(16)17/h2-4,10H,5,15H2,1H3,(H,16,17). The highest BCUT2D eigenvalue weighted by atomic mass is 19.4. The number of aliphatic carboxylic acids is 1. The first-order valence-corrected chi connectivity index (χ1v) is 4.85. The lowest BCUT2D eigenvalue weighted by molar-refractivity contribution is -0.149. The summed E-state index contributed by atoms with van der Waals surface area (Å²) >= 11 is 0. The molecular weight excluding hydrogens is 235 g/mol. The Hall–Kier alpha value is -1.56. The minimum Gasteiger partial charge on any atom is -0.481 e. The van der Waals surface area contributed by atoms with Crippen LogP contribution in [0, 0.1) is 6.92 Å². The van der Waals surface area contributed by atoms with E-state index in [0.717, 1.165) is 0 Å². The Labute approximate surface area is 96.0 Å². The first-order valence-electron chi connectivity index (χ1n) is 4.85. The van der Waals surface area contributed by atoms with E-state index >= 15 is 0 Å². The van der Waals surface area contributed by atoms with Crippen molar-refractivity contribution >= 4 is 5.97 Å². The van der Waals surface area contributed by atoms with Crippen LogP contribution in [0.15, 0.2) is 18.2 Å². The highest BCUT2D eigenvalue weighted by molar-refractivity contribution is 5.70. The summed E-state index contributed by atoms with van der Waals surface area (Å²) in [5.74, 6) is -1.03. The van der Waals surface area contributed by atoms with Crippen molar-refractivity contribution in [2.75, 3.05) is 0 Å². The zero-order chi connectivity index (χ0) is 13.2. The van der Waals surface area contributed by atoms with Crippen LogP contribution in [-0.4, -0.2) is 17.3 Å². The number of hydrogen-bond donors (Lipinski definition) is 2. The van der Waals surface area contributed by atoms with Crippen molar-refractivity contribution in [2.45, 2.75) is 25.6 Å². The highest BCUT2D eigenvalue weighted by Gasteiger charge is 2.37. The summed E-state index contributed by atoms with van der Waals surface area (Å²) in [5, 5.41) is 8.59. The lowest BCUT2D eigenvalue weighted by Gasteiger charge is -2.17. The predicted octanol–water partition coefficient (Wildman–Crippen LogP) is 2.18. The molecule has 0 radical (unpaired) electrons. The molecule has 0 heterocycles. The molecule has 1 aromatic carbocycles. The van der Waals surface area contributed by atoms with Gasteiger partial charge in [0.1, 0.15) is 6.04 Å². The van der Waals surface area contributed by atoms with Crippen molar-refractivity contribution in [3.63, 3.8) is 0 Å². The Morgan fingerprint density at radius 1 is 1.47 bits per heavy atom. The molecule has 0 spiro atoms. The topological polar surface area (TPSA) is 63.3 Å². The number of carboxylic acid groups (broad SMARTS) is 1. The largest absolute Gasteiger partial charge is 0.481 e. The molecule has 1 atom stereocenters. The van der Waals surface area contributed by atoms with Gasteiger partial charge in [0.2, 0.25) is 0 Å².